The molecule has 0 unspecified atom stereocenters. The zero-order chi connectivity index (χ0) is 33.0. The Kier molecular flexibility index (Phi) is 6.46. The van der Waals surface area contributed by atoms with E-state index in [9.17, 15) is 0 Å². The summed E-state index contributed by atoms with van der Waals surface area (Å²) in [5, 5.41) is 4.85. The highest BCUT2D eigenvalue weighted by Gasteiger charge is 2.18. The summed E-state index contributed by atoms with van der Waals surface area (Å²) in [7, 11) is 0. The number of nitrogens with zero attached hydrogens (tertiary/aromatic N) is 4. The fourth-order valence-electron chi connectivity index (χ4n) is 7.44. The fraction of sp³-hybridized carbons (Fsp3) is 0. The molecule has 10 rings (SSSR count). The highest BCUT2D eigenvalue weighted by atomic mass is 15.2. The number of benzene rings is 7. The number of aromatic nitrogens is 4. The van der Waals surface area contributed by atoms with Crippen LogP contribution < -0.4 is 0 Å². The zero-order valence-corrected chi connectivity index (χ0v) is 27.1. The topological polar surface area (TPSA) is 35.6 Å². The van der Waals surface area contributed by atoms with E-state index in [0.29, 0.717) is 5.95 Å². The zero-order valence-electron chi connectivity index (χ0n) is 27.1. The number of hydrogen-bond donors (Lipinski definition) is 0. The Bertz CT molecular complexity index is 2750. The van der Waals surface area contributed by atoms with Crippen LogP contribution in [0.15, 0.2) is 182 Å². The molecule has 0 spiro atoms. The Balaban J connectivity index is 1.19. The van der Waals surface area contributed by atoms with Crippen molar-refractivity contribution in [3.8, 4) is 45.3 Å². The molecule has 3 heterocycles. The van der Waals surface area contributed by atoms with Gasteiger partial charge in [0, 0.05) is 38.4 Å². The third-order valence-electron chi connectivity index (χ3n) is 9.74. The minimum absolute atomic E-state index is 0.646. The summed E-state index contributed by atoms with van der Waals surface area (Å²) in [6.07, 6.45) is 0. The first kappa shape index (κ1) is 28.3. The van der Waals surface area contributed by atoms with E-state index in [0.717, 1.165) is 55.7 Å². The lowest BCUT2D eigenvalue weighted by molar-refractivity contribution is 0.996. The minimum Gasteiger partial charge on any atom is -0.309 e. The average molecular weight is 639 g/mol. The molecule has 0 saturated heterocycles. The summed E-state index contributed by atoms with van der Waals surface area (Å²) >= 11 is 0. The first-order valence-corrected chi connectivity index (χ1v) is 16.9. The van der Waals surface area contributed by atoms with E-state index >= 15 is 0 Å². The second-order valence-corrected chi connectivity index (χ2v) is 12.7. The lowest BCUT2D eigenvalue weighted by atomic mass is 10.0. The van der Waals surface area contributed by atoms with E-state index < -0.39 is 0 Å². The van der Waals surface area contributed by atoms with Gasteiger partial charge in [-0.1, -0.05) is 140 Å². The molecular weight excluding hydrogens is 609 g/mol. The molecule has 0 atom stereocenters. The van der Waals surface area contributed by atoms with Crippen LogP contribution in [-0.4, -0.2) is 19.1 Å². The number of rotatable bonds is 5. The van der Waals surface area contributed by atoms with Gasteiger partial charge in [0.2, 0.25) is 5.95 Å². The molecule has 234 valence electrons. The van der Waals surface area contributed by atoms with E-state index in [1.54, 1.807) is 0 Å². The molecule has 10 aromatic rings. The largest absolute Gasteiger partial charge is 0.309 e. The van der Waals surface area contributed by atoms with E-state index in [-0.39, 0.29) is 0 Å². The van der Waals surface area contributed by atoms with Crippen LogP contribution >= 0.6 is 0 Å². The van der Waals surface area contributed by atoms with Crippen LogP contribution in [0.5, 0.6) is 0 Å². The Labute approximate surface area is 289 Å². The molecule has 0 amide bonds. The van der Waals surface area contributed by atoms with E-state index in [4.69, 9.17) is 9.97 Å². The predicted molar refractivity (Wildman–Crippen MR) is 207 cm³/mol. The van der Waals surface area contributed by atoms with Crippen molar-refractivity contribution in [3.63, 3.8) is 0 Å². The molecule has 0 fully saturated rings. The van der Waals surface area contributed by atoms with Crippen LogP contribution in [0.2, 0.25) is 0 Å². The summed E-state index contributed by atoms with van der Waals surface area (Å²) in [5.74, 6) is 0.646. The number of para-hydroxylation sites is 3. The van der Waals surface area contributed by atoms with Crippen LogP contribution in [0, 0.1) is 0 Å². The molecule has 0 bridgehead atoms. The van der Waals surface area contributed by atoms with Crippen molar-refractivity contribution in [2.45, 2.75) is 0 Å². The van der Waals surface area contributed by atoms with Crippen molar-refractivity contribution in [2.24, 2.45) is 0 Å². The van der Waals surface area contributed by atoms with Crippen molar-refractivity contribution in [1.82, 2.24) is 19.1 Å². The molecule has 0 N–H and O–H groups in total. The van der Waals surface area contributed by atoms with Gasteiger partial charge < -0.3 is 4.57 Å². The van der Waals surface area contributed by atoms with E-state index in [2.05, 4.69) is 179 Å². The summed E-state index contributed by atoms with van der Waals surface area (Å²) in [6, 6.07) is 64.3. The SMILES string of the molecule is c1ccc(-c2cc(-c3ccccc3)nc(-n3c4ccccc4c4ccc(-c5cccc(-n6c7ccccc7c7ccccc76)c5)cc43)n2)cc1. The van der Waals surface area contributed by atoms with Gasteiger partial charge in [0.1, 0.15) is 0 Å². The number of hydrogen-bond acceptors (Lipinski definition) is 2. The maximum Gasteiger partial charge on any atom is 0.235 e. The molecule has 4 nitrogen and oxygen atoms in total. The molecule has 50 heavy (non-hydrogen) atoms. The van der Waals surface area contributed by atoms with Crippen LogP contribution in [0.1, 0.15) is 0 Å². The number of fused-ring (bicyclic) bond motifs is 6. The van der Waals surface area contributed by atoms with Gasteiger partial charge in [-0.2, -0.15) is 0 Å². The van der Waals surface area contributed by atoms with Gasteiger partial charge in [0.15, 0.2) is 0 Å². The highest BCUT2D eigenvalue weighted by molar-refractivity contribution is 6.11. The van der Waals surface area contributed by atoms with Crippen LogP contribution in [-0.2, 0) is 0 Å². The molecule has 7 aromatic carbocycles. The maximum absolute atomic E-state index is 5.23. The Hall–Kier alpha value is -6.78. The van der Waals surface area contributed by atoms with Gasteiger partial charge in [0.05, 0.1) is 33.5 Å². The Morgan fingerprint density at radius 2 is 0.760 bits per heavy atom. The average Bonchev–Trinajstić information content (AvgIpc) is 3.71. The smallest absolute Gasteiger partial charge is 0.235 e. The third-order valence-corrected chi connectivity index (χ3v) is 9.74. The maximum atomic E-state index is 5.23. The summed E-state index contributed by atoms with van der Waals surface area (Å²) in [5.41, 5.74) is 11.8. The van der Waals surface area contributed by atoms with Crippen molar-refractivity contribution in [1.29, 1.82) is 0 Å². The summed E-state index contributed by atoms with van der Waals surface area (Å²) in [4.78, 5) is 10.5. The van der Waals surface area contributed by atoms with Crippen molar-refractivity contribution in [2.75, 3.05) is 0 Å². The van der Waals surface area contributed by atoms with Crippen LogP contribution in [0.4, 0.5) is 0 Å². The van der Waals surface area contributed by atoms with E-state index in [1.807, 2.05) is 12.1 Å². The molecule has 0 aliphatic rings. The van der Waals surface area contributed by atoms with Gasteiger partial charge in [0.25, 0.3) is 0 Å². The Morgan fingerprint density at radius 3 is 1.34 bits per heavy atom. The van der Waals surface area contributed by atoms with Gasteiger partial charge in [-0.15, -0.1) is 0 Å². The lowest BCUT2D eigenvalue weighted by Crippen LogP contribution is -2.04. The highest BCUT2D eigenvalue weighted by Crippen LogP contribution is 2.37. The second-order valence-electron chi connectivity index (χ2n) is 12.7. The monoisotopic (exact) mass is 638 g/mol. The first-order valence-electron chi connectivity index (χ1n) is 16.9. The third kappa shape index (κ3) is 4.54. The molecule has 0 saturated carbocycles. The van der Waals surface area contributed by atoms with Crippen LogP contribution in [0.3, 0.4) is 0 Å². The standard InChI is InChI=1S/C46H30N4/c1-3-14-31(15-4-1)40-30-41(32-16-5-2-6-17-32)48-46(47-40)50-44-25-12-9-22-38(44)39-27-26-34(29-45(39)50)33-18-13-19-35(28-33)49-42-23-10-7-20-36(42)37-21-8-11-24-43(37)49/h1-30H. The summed E-state index contributed by atoms with van der Waals surface area (Å²) in [6.45, 7) is 0. The molecule has 0 radical (unpaired) electrons. The molecule has 4 heteroatoms. The predicted octanol–water partition coefficient (Wildman–Crippen LogP) is 11.7. The molecule has 0 aliphatic heterocycles. The van der Waals surface area contributed by atoms with Gasteiger partial charge in [-0.3, -0.25) is 4.57 Å². The van der Waals surface area contributed by atoms with Crippen molar-refractivity contribution in [3.05, 3.63) is 182 Å². The quantitative estimate of drug-likeness (QED) is 0.188. The summed E-state index contributed by atoms with van der Waals surface area (Å²) < 4.78 is 4.60. The molecule has 3 aromatic heterocycles. The van der Waals surface area contributed by atoms with Crippen molar-refractivity contribution < 1.29 is 0 Å². The van der Waals surface area contributed by atoms with Gasteiger partial charge in [-0.05, 0) is 53.6 Å². The fourth-order valence-corrected chi connectivity index (χ4v) is 7.44. The van der Waals surface area contributed by atoms with Crippen molar-refractivity contribution >= 4 is 43.6 Å². The van der Waals surface area contributed by atoms with Gasteiger partial charge >= 0.3 is 0 Å². The van der Waals surface area contributed by atoms with Crippen LogP contribution in [0.25, 0.3) is 88.9 Å². The molecule has 0 aliphatic carbocycles. The van der Waals surface area contributed by atoms with Gasteiger partial charge in [-0.25, -0.2) is 9.97 Å². The Morgan fingerprint density at radius 1 is 0.300 bits per heavy atom. The molecular formula is C46H30N4. The lowest BCUT2D eigenvalue weighted by Gasteiger charge is -2.13. The van der Waals surface area contributed by atoms with E-state index in [1.165, 1.54) is 27.2 Å². The normalized spacial score (nSPS) is 11.6. The minimum atomic E-state index is 0.646. The second kappa shape index (κ2) is 11.4. The first-order chi connectivity index (χ1) is 24.8.